The number of rotatable bonds is 9. The molecule has 30 heavy (non-hydrogen) atoms. The van der Waals surface area contributed by atoms with E-state index >= 15 is 0 Å². The van der Waals surface area contributed by atoms with Crippen molar-refractivity contribution in [3.05, 3.63) is 23.8 Å². The van der Waals surface area contributed by atoms with Crippen molar-refractivity contribution < 1.29 is 22.5 Å². The van der Waals surface area contributed by atoms with Gasteiger partial charge in [0.25, 0.3) is 0 Å². The third-order valence-corrected chi connectivity index (χ3v) is 6.74. The number of ether oxygens (including phenoxy) is 2. The first kappa shape index (κ1) is 26.9. The smallest absolute Gasteiger partial charge is 0.387 e. The van der Waals surface area contributed by atoms with Gasteiger partial charge in [-0.15, -0.1) is 24.0 Å². The first-order chi connectivity index (χ1) is 14.0. The third kappa shape index (κ3) is 8.52. The molecular formula is C20H32F2IN3O3S. The lowest BCUT2D eigenvalue weighted by Gasteiger charge is -2.30. The molecule has 172 valence electrons. The Bertz CT molecular complexity index is 710. The number of benzene rings is 1. The van der Waals surface area contributed by atoms with Gasteiger partial charge in [-0.05, 0) is 43.4 Å². The molecule has 0 spiro atoms. The first-order valence-electron chi connectivity index (χ1n) is 9.92. The Morgan fingerprint density at radius 3 is 2.73 bits per heavy atom. The van der Waals surface area contributed by atoms with E-state index in [0.717, 1.165) is 31.2 Å². The maximum absolute atomic E-state index is 12.6. The van der Waals surface area contributed by atoms with Crippen LogP contribution in [0.15, 0.2) is 23.2 Å². The van der Waals surface area contributed by atoms with Gasteiger partial charge in [-0.3, -0.25) is 9.20 Å². The van der Waals surface area contributed by atoms with E-state index in [9.17, 15) is 13.0 Å². The van der Waals surface area contributed by atoms with E-state index in [0.29, 0.717) is 24.7 Å². The van der Waals surface area contributed by atoms with Crippen LogP contribution in [0, 0.1) is 0 Å². The minimum Gasteiger partial charge on any atom is -0.493 e. The van der Waals surface area contributed by atoms with Crippen LogP contribution >= 0.6 is 24.0 Å². The molecule has 1 fully saturated rings. The summed E-state index contributed by atoms with van der Waals surface area (Å²) in [4.78, 5) is 4.26. The molecule has 2 N–H and O–H groups in total. The molecule has 1 aliphatic rings. The molecule has 2 rings (SSSR count). The molecule has 0 amide bonds. The van der Waals surface area contributed by atoms with Crippen molar-refractivity contribution in [2.24, 2.45) is 4.99 Å². The van der Waals surface area contributed by atoms with E-state index in [1.807, 2.05) is 13.0 Å². The highest BCUT2D eigenvalue weighted by atomic mass is 127. The highest BCUT2D eigenvalue weighted by Gasteiger charge is 2.26. The summed E-state index contributed by atoms with van der Waals surface area (Å²) < 4.78 is 46.8. The largest absolute Gasteiger partial charge is 0.493 e. The lowest BCUT2D eigenvalue weighted by Crippen LogP contribution is -2.47. The highest BCUT2D eigenvalue weighted by Crippen LogP contribution is 2.29. The zero-order valence-electron chi connectivity index (χ0n) is 17.7. The Hall–Kier alpha value is -1.17. The van der Waals surface area contributed by atoms with Crippen LogP contribution in [0.1, 0.15) is 38.2 Å². The fraction of sp³-hybridized carbons (Fsp3) is 0.650. The SMILES string of the molecule is CCS(=O)C1CCCC(NC(=NC)NCCc2ccc(OC)c(OC(F)F)c2)C1.I. The van der Waals surface area contributed by atoms with Crippen molar-refractivity contribution in [2.45, 2.75) is 56.9 Å². The molecular weight excluding hydrogens is 527 g/mol. The molecule has 3 unspecified atom stereocenters. The lowest BCUT2D eigenvalue weighted by atomic mass is 9.95. The monoisotopic (exact) mass is 559 g/mol. The number of nitrogens with zero attached hydrogens (tertiary/aromatic N) is 1. The first-order valence-corrected chi connectivity index (χ1v) is 11.3. The summed E-state index contributed by atoms with van der Waals surface area (Å²) in [6.07, 6.45) is 4.60. The Morgan fingerprint density at radius 2 is 2.10 bits per heavy atom. The second-order valence-corrected chi connectivity index (χ2v) is 8.92. The average molecular weight is 559 g/mol. The van der Waals surface area contributed by atoms with Gasteiger partial charge >= 0.3 is 6.61 Å². The topological polar surface area (TPSA) is 72.0 Å². The Labute approximate surface area is 197 Å². The summed E-state index contributed by atoms with van der Waals surface area (Å²) in [5.74, 6) is 1.69. The van der Waals surface area contributed by atoms with E-state index in [1.54, 1.807) is 19.2 Å². The van der Waals surface area contributed by atoms with Crippen LogP contribution < -0.4 is 20.1 Å². The minimum absolute atomic E-state index is 0. The molecule has 10 heteroatoms. The van der Waals surface area contributed by atoms with Gasteiger partial charge in [-0.2, -0.15) is 8.78 Å². The van der Waals surface area contributed by atoms with E-state index in [-0.39, 0.29) is 46.8 Å². The number of alkyl halides is 2. The van der Waals surface area contributed by atoms with Crippen LogP contribution in [0.3, 0.4) is 0 Å². The molecule has 0 heterocycles. The second kappa shape index (κ2) is 14.0. The second-order valence-electron chi connectivity index (χ2n) is 6.91. The zero-order chi connectivity index (χ0) is 21.2. The third-order valence-electron chi connectivity index (χ3n) is 5.00. The van der Waals surface area contributed by atoms with Crippen LogP contribution in [0.25, 0.3) is 0 Å². The normalized spacial score (nSPS) is 20.3. The van der Waals surface area contributed by atoms with Crippen LogP contribution in [0.4, 0.5) is 8.78 Å². The van der Waals surface area contributed by atoms with Crippen molar-refractivity contribution in [1.29, 1.82) is 0 Å². The van der Waals surface area contributed by atoms with E-state index in [1.165, 1.54) is 7.11 Å². The molecule has 6 nitrogen and oxygen atoms in total. The molecule has 1 aliphatic carbocycles. The molecule has 0 radical (unpaired) electrons. The quantitative estimate of drug-likeness (QED) is 0.275. The molecule has 1 saturated carbocycles. The predicted molar refractivity (Wildman–Crippen MR) is 128 cm³/mol. The number of guanidine groups is 1. The van der Waals surface area contributed by atoms with Crippen molar-refractivity contribution in [3.8, 4) is 11.5 Å². The maximum atomic E-state index is 12.6. The fourth-order valence-corrected chi connectivity index (χ4v) is 4.88. The van der Waals surface area contributed by atoms with Crippen molar-refractivity contribution in [3.63, 3.8) is 0 Å². The molecule has 1 aromatic carbocycles. The number of aliphatic imine (C=N–C) groups is 1. The van der Waals surface area contributed by atoms with Gasteiger partial charge in [0.2, 0.25) is 0 Å². The molecule has 3 atom stereocenters. The Kier molecular flexibility index (Phi) is 12.5. The summed E-state index contributed by atoms with van der Waals surface area (Å²) in [5.41, 5.74) is 0.848. The number of hydrogen-bond acceptors (Lipinski definition) is 4. The average Bonchev–Trinajstić information content (AvgIpc) is 2.72. The molecule has 0 aliphatic heterocycles. The van der Waals surface area contributed by atoms with E-state index in [4.69, 9.17) is 4.74 Å². The van der Waals surface area contributed by atoms with Gasteiger partial charge in [-0.25, -0.2) is 0 Å². The molecule has 0 saturated heterocycles. The van der Waals surface area contributed by atoms with Gasteiger partial charge in [0, 0.05) is 41.4 Å². The number of nitrogens with one attached hydrogen (secondary N) is 2. The Morgan fingerprint density at radius 1 is 1.33 bits per heavy atom. The summed E-state index contributed by atoms with van der Waals surface area (Å²) in [6, 6.07) is 5.26. The van der Waals surface area contributed by atoms with Gasteiger partial charge in [0.15, 0.2) is 17.5 Å². The lowest BCUT2D eigenvalue weighted by molar-refractivity contribution is -0.0512. The van der Waals surface area contributed by atoms with Gasteiger partial charge in [-0.1, -0.05) is 19.4 Å². The van der Waals surface area contributed by atoms with Crippen LogP contribution in [0.5, 0.6) is 11.5 Å². The summed E-state index contributed by atoms with van der Waals surface area (Å²) >= 11 is 0. The number of hydrogen-bond donors (Lipinski definition) is 2. The van der Waals surface area contributed by atoms with Crippen molar-refractivity contribution >= 4 is 40.7 Å². The van der Waals surface area contributed by atoms with Gasteiger partial charge < -0.3 is 20.1 Å². The maximum Gasteiger partial charge on any atom is 0.387 e. The molecule has 0 bridgehead atoms. The summed E-state index contributed by atoms with van der Waals surface area (Å²) in [6.45, 7) is -0.358. The standard InChI is InChI=1S/C20H31F2N3O3S.HI/c1-4-29(26)16-7-5-6-15(13-16)25-20(23-2)24-11-10-14-8-9-17(27-3)18(12-14)28-19(21)22;/h8-9,12,15-16,19H,4-7,10-11,13H2,1-3H3,(H2,23,24,25);1H. The van der Waals surface area contributed by atoms with Crippen LogP contribution in [-0.4, -0.2) is 54.5 Å². The van der Waals surface area contributed by atoms with Crippen LogP contribution in [-0.2, 0) is 17.2 Å². The molecule has 0 aromatic heterocycles. The van der Waals surface area contributed by atoms with Gasteiger partial charge in [0.1, 0.15) is 0 Å². The summed E-state index contributed by atoms with van der Waals surface area (Å²) in [5, 5.41) is 6.92. The van der Waals surface area contributed by atoms with Crippen LogP contribution in [0.2, 0.25) is 0 Å². The molecule has 1 aromatic rings. The van der Waals surface area contributed by atoms with Gasteiger partial charge in [0.05, 0.1) is 7.11 Å². The van der Waals surface area contributed by atoms with E-state index in [2.05, 4.69) is 20.4 Å². The highest BCUT2D eigenvalue weighted by molar-refractivity contribution is 14.0. The fourth-order valence-electron chi connectivity index (χ4n) is 3.53. The minimum atomic E-state index is -2.90. The van der Waals surface area contributed by atoms with Crippen molar-refractivity contribution in [2.75, 3.05) is 26.5 Å². The zero-order valence-corrected chi connectivity index (χ0v) is 20.8. The number of halogens is 3. The van der Waals surface area contributed by atoms with E-state index < -0.39 is 17.4 Å². The Balaban J connectivity index is 0.00000450. The predicted octanol–water partition coefficient (Wildman–Crippen LogP) is 3.70. The van der Waals surface area contributed by atoms with Crippen molar-refractivity contribution in [1.82, 2.24) is 10.6 Å². The summed E-state index contributed by atoms with van der Waals surface area (Å²) in [7, 11) is 2.36. The number of methoxy groups -OCH3 is 1.